The van der Waals surface area contributed by atoms with Gasteiger partial charge in [0.25, 0.3) is 11.8 Å². The number of hydrogen-bond donors (Lipinski definition) is 2. The minimum absolute atomic E-state index is 0.0736. The first kappa shape index (κ1) is 31.4. The fourth-order valence-corrected chi connectivity index (χ4v) is 4.87. The van der Waals surface area contributed by atoms with E-state index < -0.39 is 46.7 Å². The number of Topliss-reactive ketones (excluding diaryl/α,β-unsaturated/α-hetero) is 1. The summed E-state index contributed by atoms with van der Waals surface area (Å²) < 4.78 is 71.1. The van der Waals surface area contributed by atoms with Crippen LogP contribution in [-0.2, 0) is 24.1 Å². The molecular formula is C29H25ClF5N5O3. The summed E-state index contributed by atoms with van der Waals surface area (Å²) >= 11 is 6.35. The summed E-state index contributed by atoms with van der Waals surface area (Å²) in [5.74, 6) is -4.89. The number of rotatable bonds is 10. The van der Waals surface area contributed by atoms with Gasteiger partial charge in [-0.2, -0.15) is 18.3 Å². The van der Waals surface area contributed by atoms with Crippen LogP contribution in [0.3, 0.4) is 0 Å². The van der Waals surface area contributed by atoms with Crippen LogP contribution in [0.15, 0.2) is 60.9 Å². The standard InChI is InChI=1S/C29H25ClF5N5O3/c1-16(41)15-40-25(28(43)36-7-9-39-8-3-6-37-39)14-24(26(40)17(2)22-13-20(31)4-5-23(22)30)38-27(42)18-10-19(29(33,34)35)12-21(32)11-18/h3-6,8,10-14,17H,7,9,15H2,1-2H3,(H,36,43)(H,38,42)/t17-/m0/s1. The van der Waals surface area contributed by atoms with Crippen molar-refractivity contribution in [2.24, 2.45) is 0 Å². The molecular weight excluding hydrogens is 597 g/mol. The topological polar surface area (TPSA) is 98.0 Å². The van der Waals surface area contributed by atoms with Crippen LogP contribution in [0.2, 0.25) is 5.02 Å². The second-order valence-corrected chi connectivity index (χ2v) is 10.1. The zero-order chi connectivity index (χ0) is 31.5. The molecule has 0 aliphatic heterocycles. The van der Waals surface area contributed by atoms with Gasteiger partial charge in [-0.05, 0) is 61.0 Å². The third-order valence-electron chi connectivity index (χ3n) is 6.51. The minimum atomic E-state index is -4.92. The molecule has 1 atom stereocenters. The Balaban J connectivity index is 1.80. The van der Waals surface area contributed by atoms with Gasteiger partial charge in [0.05, 0.1) is 24.3 Å². The number of amides is 2. The van der Waals surface area contributed by atoms with Gasteiger partial charge in [0.2, 0.25) is 0 Å². The summed E-state index contributed by atoms with van der Waals surface area (Å²) in [6.07, 6.45) is -1.66. The molecule has 0 saturated heterocycles. The van der Waals surface area contributed by atoms with Crippen LogP contribution in [0.5, 0.6) is 0 Å². The molecule has 0 aliphatic rings. The van der Waals surface area contributed by atoms with Crippen LogP contribution >= 0.6 is 11.6 Å². The number of nitrogens with one attached hydrogen (secondary N) is 2. The molecule has 4 aromatic rings. The second kappa shape index (κ2) is 12.8. The third-order valence-corrected chi connectivity index (χ3v) is 6.85. The fraction of sp³-hybridized carbons (Fsp3) is 0.241. The van der Waals surface area contributed by atoms with Crippen LogP contribution in [0.1, 0.15) is 57.4 Å². The summed E-state index contributed by atoms with van der Waals surface area (Å²) in [5, 5.41) is 9.35. The molecule has 226 valence electrons. The Bertz CT molecular complexity index is 1670. The van der Waals surface area contributed by atoms with E-state index in [9.17, 15) is 36.3 Å². The molecule has 0 spiro atoms. The molecule has 0 fully saturated rings. The number of anilines is 1. The Morgan fingerprint density at radius 1 is 1.02 bits per heavy atom. The van der Waals surface area contributed by atoms with E-state index >= 15 is 0 Å². The van der Waals surface area contributed by atoms with Crippen LogP contribution in [0.25, 0.3) is 0 Å². The fourth-order valence-electron chi connectivity index (χ4n) is 4.59. The van der Waals surface area contributed by atoms with Gasteiger partial charge in [0.1, 0.15) is 23.1 Å². The lowest BCUT2D eigenvalue weighted by molar-refractivity contribution is -0.137. The quantitative estimate of drug-likeness (QED) is 0.211. The van der Waals surface area contributed by atoms with Gasteiger partial charge in [-0.25, -0.2) is 8.78 Å². The van der Waals surface area contributed by atoms with Crippen molar-refractivity contribution < 1.29 is 36.3 Å². The number of benzene rings is 2. The number of aromatic nitrogens is 3. The number of alkyl halides is 3. The van der Waals surface area contributed by atoms with Gasteiger partial charge in [-0.1, -0.05) is 18.5 Å². The van der Waals surface area contributed by atoms with Gasteiger partial charge >= 0.3 is 6.18 Å². The van der Waals surface area contributed by atoms with E-state index in [4.69, 9.17) is 11.6 Å². The van der Waals surface area contributed by atoms with E-state index in [-0.39, 0.29) is 52.6 Å². The maximum Gasteiger partial charge on any atom is 0.416 e. The molecule has 0 saturated carbocycles. The predicted octanol–water partition coefficient (Wildman–Crippen LogP) is 6.06. The van der Waals surface area contributed by atoms with Crippen molar-refractivity contribution in [3.63, 3.8) is 0 Å². The van der Waals surface area contributed by atoms with E-state index in [1.54, 1.807) is 30.1 Å². The molecule has 14 heteroatoms. The number of carbonyl (C=O) groups is 3. The number of nitrogens with zero attached hydrogens (tertiary/aromatic N) is 3. The summed E-state index contributed by atoms with van der Waals surface area (Å²) in [6.45, 7) is 2.97. The van der Waals surface area contributed by atoms with Crippen LogP contribution in [0, 0.1) is 11.6 Å². The molecule has 0 aliphatic carbocycles. The van der Waals surface area contributed by atoms with Gasteiger partial charge in [0, 0.05) is 41.1 Å². The highest BCUT2D eigenvalue weighted by Crippen LogP contribution is 2.37. The Morgan fingerprint density at radius 3 is 2.42 bits per heavy atom. The molecule has 8 nitrogen and oxygen atoms in total. The van der Waals surface area contributed by atoms with E-state index in [1.165, 1.54) is 23.6 Å². The van der Waals surface area contributed by atoms with Crippen molar-refractivity contribution in [3.8, 4) is 0 Å². The summed E-state index contributed by atoms with van der Waals surface area (Å²) in [7, 11) is 0. The second-order valence-electron chi connectivity index (χ2n) is 9.71. The van der Waals surface area contributed by atoms with E-state index in [1.807, 2.05) is 0 Å². The summed E-state index contributed by atoms with van der Waals surface area (Å²) in [4.78, 5) is 38.8. The molecule has 4 rings (SSSR count). The number of carbonyl (C=O) groups excluding carboxylic acids is 3. The average Bonchev–Trinajstić information content (AvgIpc) is 3.56. The molecule has 43 heavy (non-hydrogen) atoms. The van der Waals surface area contributed by atoms with Gasteiger partial charge in [0.15, 0.2) is 0 Å². The maximum absolute atomic E-state index is 14.2. The van der Waals surface area contributed by atoms with Crippen molar-refractivity contribution in [3.05, 3.63) is 106 Å². The highest BCUT2D eigenvalue weighted by atomic mass is 35.5. The summed E-state index contributed by atoms with van der Waals surface area (Å²) in [6, 6.07) is 7.92. The van der Waals surface area contributed by atoms with Crippen molar-refractivity contribution in [1.82, 2.24) is 19.7 Å². The number of halogens is 6. The SMILES string of the molecule is CC(=O)Cn1c(C(=O)NCCn2cccn2)cc(NC(=O)c2cc(F)cc(C(F)(F)F)c2)c1[C@@H](C)c1cc(F)ccc1Cl. The van der Waals surface area contributed by atoms with E-state index in [2.05, 4.69) is 15.7 Å². The van der Waals surface area contributed by atoms with Crippen molar-refractivity contribution in [2.75, 3.05) is 11.9 Å². The third kappa shape index (κ3) is 7.47. The Morgan fingerprint density at radius 2 is 1.77 bits per heavy atom. The Labute approximate surface area is 247 Å². The molecule has 0 radical (unpaired) electrons. The molecule has 0 bridgehead atoms. The van der Waals surface area contributed by atoms with Crippen molar-refractivity contribution in [1.29, 1.82) is 0 Å². The molecule has 2 aromatic heterocycles. The lowest BCUT2D eigenvalue weighted by Crippen LogP contribution is -2.30. The Kier molecular flexibility index (Phi) is 9.34. The smallest absolute Gasteiger partial charge is 0.349 e. The van der Waals surface area contributed by atoms with E-state index in [0.717, 1.165) is 12.1 Å². The molecule has 2 N–H and O–H groups in total. The molecule has 2 aromatic carbocycles. The van der Waals surface area contributed by atoms with E-state index in [0.29, 0.717) is 18.7 Å². The van der Waals surface area contributed by atoms with Crippen molar-refractivity contribution >= 4 is 34.9 Å². The van der Waals surface area contributed by atoms with Gasteiger partial charge in [-0.15, -0.1) is 0 Å². The monoisotopic (exact) mass is 621 g/mol. The van der Waals surface area contributed by atoms with Crippen LogP contribution < -0.4 is 10.6 Å². The zero-order valence-corrected chi connectivity index (χ0v) is 23.6. The first-order valence-electron chi connectivity index (χ1n) is 12.9. The van der Waals surface area contributed by atoms with Gasteiger partial charge in [-0.3, -0.25) is 19.1 Å². The number of ketones is 1. The molecule has 2 heterocycles. The largest absolute Gasteiger partial charge is 0.416 e. The lowest BCUT2D eigenvalue weighted by Gasteiger charge is -2.20. The van der Waals surface area contributed by atoms with Crippen molar-refractivity contribution in [2.45, 2.75) is 39.0 Å². The molecule has 2 amide bonds. The predicted molar refractivity (Wildman–Crippen MR) is 148 cm³/mol. The van der Waals surface area contributed by atoms with Crippen LogP contribution in [0.4, 0.5) is 27.6 Å². The molecule has 0 unspecified atom stereocenters. The van der Waals surface area contributed by atoms with Gasteiger partial charge < -0.3 is 15.2 Å². The minimum Gasteiger partial charge on any atom is -0.349 e. The Hall–Kier alpha value is -4.52. The van der Waals surface area contributed by atoms with Crippen LogP contribution in [-0.4, -0.2) is 38.5 Å². The average molecular weight is 622 g/mol. The number of hydrogen-bond acceptors (Lipinski definition) is 4. The highest BCUT2D eigenvalue weighted by Gasteiger charge is 2.33. The normalized spacial score (nSPS) is 12.2. The zero-order valence-electron chi connectivity index (χ0n) is 22.8. The first-order valence-corrected chi connectivity index (χ1v) is 13.2. The first-order chi connectivity index (χ1) is 20.2. The maximum atomic E-state index is 14.2. The highest BCUT2D eigenvalue weighted by molar-refractivity contribution is 6.31. The lowest BCUT2D eigenvalue weighted by atomic mass is 9.96. The summed E-state index contributed by atoms with van der Waals surface area (Å²) in [5.41, 5.74) is -1.77.